The molecule has 1 saturated carbocycles. The Morgan fingerprint density at radius 1 is 0.957 bits per heavy atom. The monoisotopic (exact) mass is 309 g/mol. The zero-order chi connectivity index (χ0) is 16.1. The highest BCUT2D eigenvalue weighted by Crippen LogP contribution is 2.32. The lowest BCUT2D eigenvalue weighted by molar-refractivity contribution is -0.126. The van der Waals surface area contributed by atoms with Crippen molar-refractivity contribution < 1.29 is 9.90 Å². The maximum Gasteiger partial charge on any atom is 0.223 e. The molecule has 1 amide bonds. The number of carbonyl (C=O) groups excluding carboxylic acids is 1. The second kappa shape index (κ2) is 6.97. The van der Waals surface area contributed by atoms with Gasteiger partial charge in [-0.2, -0.15) is 0 Å². The standard InChI is InChI=1S/C20H23NO2/c22-18(15-20(23)13-7-8-14-20)21-19(16-9-3-1-4-10-16)17-11-5-2-6-12-17/h1-6,9-12,19,23H,7-8,13-15H2,(H,21,22). The molecule has 2 N–H and O–H groups in total. The van der Waals surface area contributed by atoms with Crippen molar-refractivity contribution in [2.45, 2.75) is 43.7 Å². The number of rotatable bonds is 5. The molecule has 0 spiro atoms. The first-order valence-electron chi connectivity index (χ1n) is 8.28. The Bertz CT molecular complexity index is 594. The van der Waals surface area contributed by atoms with Crippen LogP contribution < -0.4 is 5.32 Å². The second-order valence-corrected chi connectivity index (χ2v) is 6.43. The number of hydrogen-bond acceptors (Lipinski definition) is 2. The molecule has 23 heavy (non-hydrogen) atoms. The van der Waals surface area contributed by atoms with Gasteiger partial charge in [0.05, 0.1) is 18.1 Å². The third kappa shape index (κ3) is 3.99. The zero-order valence-corrected chi connectivity index (χ0v) is 13.2. The average Bonchev–Trinajstić information content (AvgIpc) is 3.00. The highest BCUT2D eigenvalue weighted by Gasteiger charge is 2.34. The van der Waals surface area contributed by atoms with Gasteiger partial charge in [0.2, 0.25) is 5.91 Å². The molecule has 0 bridgehead atoms. The molecule has 0 aliphatic heterocycles. The fourth-order valence-electron chi connectivity index (χ4n) is 3.37. The van der Waals surface area contributed by atoms with Crippen molar-refractivity contribution in [2.75, 3.05) is 0 Å². The molecular formula is C20H23NO2. The molecule has 0 radical (unpaired) electrons. The van der Waals surface area contributed by atoms with Gasteiger partial charge in [-0.25, -0.2) is 0 Å². The Balaban J connectivity index is 1.78. The van der Waals surface area contributed by atoms with Crippen molar-refractivity contribution in [1.29, 1.82) is 0 Å². The van der Waals surface area contributed by atoms with Gasteiger partial charge in [0.1, 0.15) is 0 Å². The molecule has 1 aliphatic rings. The first-order valence-corrected chi connectivity index (χ1v) is 8.28. The van der Waals surface area contributed by atoms with Crippen LogP contribution in [-0.4, -0.2) is 16.6 Å². The second-order valence-electron chi connectivity index (χ2n) is 6.43. The van der Waals surface area contributed by atoms with E-state index in [1.54, 1.807) is 0 Å². The van der Waals surface area contributed by atoms with Crippen molar-refractivity contribution in [3.8, 4) is 0 Å². The minimum Gasteiger partial charge on any atom is -0.389 e. The summed E-state index contributed by atoms with van der Waals surface area (Å²) in [6.07, 6.45) is 3.64. The van der Waals surface area contributed by atoms with Crippen molar-refractivity contribution in [3.05, 3.63) is 71.8 Å². The fourth-order valence-corrected chi connectivity index (χ4v) is 3.37. The lowest BCUT2D eigenvalue weighted by Gasteiger charge is -2.25. The van der Waals surface area contributed by atoms with E-state index in [0.717, 1.165) is 36.8 Å². The van der Waals surface area contributed by atoms with E-state index in [1.165, 1.54) is 0 Å². The van der Waals surface area contributed by atoms with Crippen LogP contribution in [0.1, 0.15) is 49.3 Å². The summed E-state index contributed by atoms with van der Waals surface area (Å²) in [6, 6.07) is 19.7. The van der Waals surface area contributed by atoms with Gasteiger partial charge in [-0.3, -0.25) is 4.79 Å². The Morgan fingerprint density at radius 2 is 1.43 bits per heavy atom. The zero-order valence-electron chi connectivity index (χ0n) is 13.2. The SMILES string of the molecule is O=C(CC1(O)CCCC1)NC(c1ccccc1)c1ccccc1. The molecule has 0 unspecified atom stereocenters. The van der Waals surface area contributed by atoms with E-state index >= 15 is 0 Å². The van der Waals surface area contributed by atoms with Crippen LogP contribution in [0.15, 0.2) is 60.7 Å². The summed E-state index contributed by atoms with van der Waals surface area (Å²) in [7, 11) is 0. The van der Waals surface area contributed by atoms with Crippen LogP contribution in [0.2, 0.25) is 0 Å². The average molecular weight is 309 g/mol. The summed E-state index contributed by atoms with van der Waals surface area (Å²) in [6.45, 7) is 0. The predicted octanol–water partition coefficient (Wildman–Crippen LogP) is 3.59. The van der Waals surface area contributed by atoms with E-state index < -0.39 is 5.60 Å². The minimum atomic E-state index is -0.817. The molecule has 3 rings (SSSR count). The molecule has 120 valence electrons. The number of amides is 1. The lowest BCUT2D eigenvalue weighted by Crippen LogP contribution is -2.36. The molecule has 0 aromatic heterocycles. The molecule has 1 aliphatic carbocycles. The van der Waals surface area contributed by atoms with E-state index in [2.05, 4.69) is 5.32 Å². The Hall–Kier alpha value is -2.13. The Kier molecular flexibility index (Phi) is 4.77. The highest BCUT2D eigenvalue weighted by atomic mass is 16.3. The van der Waals surface area contributed by atoms with Crippen molar-refractivity contribution in [3.63, 3.8) is 0 Å². The largest absolute Gasteiger partial charge is 0.389 e. The smallest absolute Gasteiger partial charge is 0.223 e. The van der Waals surface area contributed by atoms with E-state index in [0.29, 0.717) is 0 Å². The van der Waals surface area contributed by atoms with Gasteiger partial charge in [-0.1, -0.05) is 73.5 Å². The third-order valence-electron chi connectivity index (χ3n) is 4.60. The molecule has 2 aromatic rings. The summed E-state index contributed by atoms with van der Waals surface area (Å²) >= 11 is 0. The summed E-state index contributed by atoms with van der Waals surface area (Å²) in [5.74, 6) is -0.0906. The number of hydrogen-bond donors (Lipinski definition) is 2. The maximum absolute atomic E-state index is 12.5. The van der Waals surface area contributed by atoms with Gasteiger partial charge in [-0.05, 0) is 24.0 Å². The molecule has 2 aromatic carbocycles. The number of nitrogens with one attached hydrogen (secondary N) is 1. The van der Waals surface area contributed by atoms with Crippen LogP contribution >= 0.6 is 0 Å². The first kappa shape index (κ1) is 15.8. The van der Waals surface area contributed by atoms with Gasteiger partial charge >= 0.3 is 0 Å². The molecular weight excluding hydrogens is 286 g/mol. The van der Waals surface area contributed by atoms with Crippen LogP contribution in [0.25, 0.3) is 0 Å². The summed E-state index contributed by atoms with van der Waals surface area (Å²) < 4.78 is 0. The molecule has 0 heterocycles. The van der Waals surface area contributed by atoms with Crippen molar-refractivity contribution in [2.24, 2.45) is 0 Å². The van der Waals surface area contributed by atoms with E-state index in [9.17, 15) is 9.90 Å². The van der Waals surface area contributed by atoms with Crippen molar-refractivity contribution >= 4 is 5.91 Å². The topological polar surface area (TPSA) is 49.3 Å². The fraction of sp³-hybridized carbons (Fsp3) is 0.350. The summed E-state index contributed by atoms with van der Waals surface area (Å²) in [5.41, 5.74) is 1.28. The normalized spacial score (nSPS) is 16.4. The van der Waals surface area contributed by atoms with Gasteiger partial charge in [0.25, 0.3) is 0 Å². The quantitative estimate of drug-likeness (QED) is 0.887. The first-order chi connectivity index (χ1) is 11.2. The third-order valence-corrected chi connectivity index (χ3v) is 4.60. The lowest BCUT2D eigenvalue weighted by atomic mass is 9.95. The number of carbonyl (C=O) groups is 1. The Labute approximate surface area is 137 Å². The number of benzene rings is 2. The van der Waals surface area contributed by atoms with Gasteiger partial charge in [0.15, 0.2) is 0 Å². The molecule has 1 fully saturated rings. The van der Waals surface area contributed by atoms with E-state index in [1.807, 2.05) is 60.7 Å². The van der Waals surface area contributed by atoms with Crippen molar-refractivity contribution in [1.82, 2.24) is 5.32 Å². The minimum absolute atomic E-state index is 0.0906. The van der Waals surface area contributed by atoms with Crippen LogP contribution in [0.4, 0.5) is 0 Å². The van der Waals surface area contributed by atoms with Gasteiger partial charge in [0, 0.05) is 0 Å². The summed E-state index contributed by atoms with van der Waals surface area (Å²) in [5, 5.41) is 13.6. The Morgan fingerprint density at radius 3 is 1.91 bits per heavy atom. The van der Waals surface area contributed by atoms with Crippen LogP contribution in [0.3, 0.4) is 0 Å². The highest BCUT2D eigenvalue weighted by molar-refractivity contribution is 5.78. The van der Waals surface area contributed by atoms with Crippen LogP contribution in [0.5, 0.6) is 0 Å². The summed E-state index contributed by atoms with van der Waals surface area (Å²) in [4.78, 5) is 12.5. The van der Waals surface area contributed by atoms with Gasteiger partial charge in [-0.15, -0.1) is 0 Å². The molecule has 3 heteroatoms. The van der Waals surface area contributed by atoms with E-state index in [-0.39, 0.29) is 18.4 Å². The predicted molar refractivity (Wildman–Crippen MR) is 90.9 cm³/mol. The van der Waals surface area contributed by atoms with Gasteiger partial charge < -0.3 is 10.4 Å². The molecule has 0 saturated heterocycles. The molecule has 3 nitrogen and oxygen atoms in total. The number of aliphatic hydroxyl groups is 1. The van der Waals surface area contributed by atoms with E-state index in [4.69, 9.17) is 0 Å². The maximum atomic E-state index is 12.5. The molecule has 0 atom stereocenters. The van der Waals surface area contributed by atoms with Crippen LogP contribution in [-0.2, 0) is 4.79 Å². The van der Waals surface area contributed by atoms with Crippen LogP contribution in [0, 0.1) is 0 Å².